The van der Waals surface area contributed by atoms with Gasteiger partial charge in [0.25, 0.3) is 0 Å². The van der Waals surface area contributed by atoms with Gasteiger partial charge in [0.2, 0.25) is 0 Å². The summed E-state index contributed by atoms with van der Waals surface area (Å²) in [7, 11) is 2.11. The monoisotopic (exact) mass is 500 g/mol. The molecule has 1 aromatic heterocycles. The minimum absolute atomic E-state index is 1.06. The third-order valence-electron chi connectivity index (χ3n) is 7.68. The lowest BCUT2D eigenvalue weighted by Crippen LogP contribution is -2.33. The van der Waals surface area contributed by atoms with Crippen LogP contribution in [0.5, 0.6) is 0 Å². The second-order valence-electron chi connectivity index (χ2n) is 10.0. The van der Waals surface area contributed by atoms with Crippen molar-refractivity contribution in [1.82, 2.24) is 9.47 Å². The van der Waals surface area contributed by atoms with Gasteiger partial charge in [-0.05, 0) is 69.1 Å². The summed E-state index contributed by atoms with van der Waals surface area (Å²) in [6.45, 7) is 4.29. The lowest BCUT2D eigenvalue weighted by molar-refractivity contribution is 0.643. The largest absolute Gasteiger partial charge is 0.349 e. The second-order valence-corrected chi connectivity index (χ2v) is 10.0. The zero-order chi connectivity index (χ0) is 26.3. The average molecular weight is 501 g/mol. The van der Waals surface area contributed by atoms with Crippen molar-refractivity contribution in [1.29, 1.82) is 0 Å². The van der Waals surface area contributed by atoms with Crippen LogP contribution >= 0.6 is 0 Å². The van der Waals surface area contributed by atoms with E-state index < -0.39 is 0 Å². The highest BCUT2D eigenvalue weighted by molar-refractivity contribution is 6.13. The SMILES string of the molecule is C=C/C(=C1/C=c2ccccc2=CN1C)n1c2ccc(-c3ccccc3)cc2c2cc(-c3ccccc3)ccc21. The fourth-order valence-corrected chi connectivity index (χ4v) is 5.76. The number of hydrogen-bond donors (Lipinski definition) is 0. The predicted molar refractivity (Wildman–Crippen MR) is 166 cm³/mol. The summed E-state index contributed by atoms with van der Waals surface area (Å²) in [6.07, 6.45) is 6.45. The summed E-state index contributed by atoms with van der Waals surface area (Å²) < 4.78 is 2.37. The summed E-state index contributed by atoms with van der Waals surface area (Å²) in [4.78, 5) is 2.20. The normalized spacial score (nSPS) is 14.0. The van der Waals surface area contributed by atoms with Crippen LogP contribution in [0.2, 0.25) is 0 Å². The van der Waals surface area contributed by atoms with Crippen molar-refractivity contribution in [3.8, 4) is 22.3 Å². The quantitative estimate of drug-likeness (QED) is 0.241. The molecule has 0 unspecified atom stereocenters. The highest BCUT2D eigenvalue weighted by Gasteiger charge is 2.18. The van der Waals surface area contributed by atoms with Gasteiger partial charge in [-0.1, -0.05) is 104 Å². The molecule has 0 aliphatic carbocycles. The van der Waals surface area contributed by atoms with E-state index in [-0.39, 0.29) is 0 Å². The van der Waals surface area contributed by atoms with E-state index in [4.69, 9.17) is 0 Å². The summed E-state index contributed by atoms with van der Waals surface area (Å²) in [5, 5.41) is 4.89. The van der Waals surface area contributed by atoms with Crippen LogP contribution in [0.25, 0.3) is 62.0 Å². The van der Waals surface area contributed by atoms with Crippen LogP contribution < -0.4 is 10.4 Å². The van der Waals surface area contributed by atoms with Crippen LogP contribution in [-0.2, 0) is 0 Å². The van der Waals surface area contributed by atoms with Gasteiger partial charge in [-0.25, -0.2) is 0 Å². The Balaban J connectivity index is 1.55. The number of allylic oxidation sites excluding steroid dienone is 3. The number of nitrogens with zero attached hydrogens (tertiary/aromatic N) is 2. The molecule has 186 valence electrons. The molecular formula is C37H28N2. The predicted octanol–water partition coefficient (Wildman–Crippen LogP) is 7.65. The van der Waals surface area contributed by atoms with Crippen molar-refractivity contribution in [3.63, 3.8) is 0 Å². The maximum absolute atomic E-state index is 4.29. The minimum atomic E-state index is 1.06. The first-order valence-corrected chi connectivity index (χ1v) is 13.3. The molecule has 7 rings (SSSR count). The maximum Gasteiger partial charge on any atom is 0.0693 e. The third kappa shape index (κ3) is 3.89. The van der Waals surface area contributed by atoms with E-state index in [1.54, 1.807) is 0 Å². The zero-order valence-corrected chi connectivity index (χ0v) is 21.9. The Kier molecular flexibility index (Phi) is 5.53. The van der Waals surface area contributed by atoms with E-state index in [1.807, 2.05) is 6.08 Å². The van der Waals surface area contributed by atoms with E-state index >= 15 is 0 Å². The van der Waals surface area contributed by atoms with Crippen LogP contribution in [0.3, 0.4) is 0 Å². The summed E-state index contributed by atoms with van der Waals surface area (Å²) in [6, 6.07) is 43.3. The van der Waals surface area contributed by atoms with Gasteiger partial charge < -0.3 is 9.47 Å². The summed E-state index contributed by atoms with van der Waals surface area (Å²) in [5.41, 5.74) is 9.36. The molecule has 2 heterocycles. The first-order chi connectivity index (χ1) is 19.2. The van der Waals surface area contributed by atoms with Crippen LogP contribution in [0.15, 0.2) is 140 Å². The molecule has 0 bridgehead atoms. The van der Waals surface area contributed by atoms with Crippen molar-refractivity contribution in [2.24, 2.45) is 0 Å². The average Bonchev–Trinajstić information content (AvgIpc) is 3.31. The van der Waals surface area contributed by atoms with Crippen molar-refractivity contribution >= 4 is 39.8 Å². The van der Waals surface area contributed by atoms with Gasteiger partial charge in [-0.15, -0.1) is 0 Å². The van der Waals surface area contributed by atoms with Crippen molar-refractivity contribution in [2.75, 3.05) is 7.05 Å². The van der Waals surface area contributed by atoms with Gasteiger partial charge in [0.15, 0.2) is 0 Å². The molecule has 0 atom stereocenters. The zero-order valence-electron chi connectivity index (χ0n) is 21.9. The summed E-state index contributed by atoms with van der Waals surface area (Å²) >= 11 is 0. The van der Waals surface area contributed by atoms with Gasteiger partial charge in [0, 0.05) is 24.0 Å². The molecule has 0 spiro atoms. The number of aromatic nitrogens is 1. The van der Waals surface area contributed by atoms with Crippen LogP contribution in [0.4, 0.5) is 0 Å². The van der Waals surface area contributed by atoms with Gasteiger partial charge in [0.1, 0.15) is 0 Å². The van der Waals surface area contributed by atoms with E-state index in [0.717, 1.165) is 22.4 Å². The number of fused-ring (bicyclic) bond motifs is 4. The standard InChI is InChI=1S/C37H28N2/c1-3-34(37-24-28-16-10-11-17-31(28)25-38(37)2)39-35-20-18-29(26-12-6-4-7-13-26)22-32(35)33-23-30(19-21-36(33)39)27-14-8-5-9-15-27/h3-25H,1H2,2H3/b37-34+. The van der Waals surface area contributed by atoms with E-state index in [1.165, 1.54) is 43.5 Å². The smallest absolute Gasteiger partial charge is 0.0693 e. The van der Waals surface area contributed by atoms with Gasteiger partial charge in [-0.3, -0.25) is 0 Å². The van der Waals surface area contributed by atoms with E-state index in [2.05, 4.69) is 157 Å². The molecule has 2 nitrogen and oxygen atoms in total. The Labute approximate surface area is 228 Å². The molecule has 5 aromatic carbocycles. The van der Waals surface area contributed by atoms with Crippen molar-refractivity contribution < 1.29 is 0 Å². The lowest BCUT2D eigenvalue weighted by atomic mass is 10.0. The molecule has 0 fully saturated rings. The second kappa shape index (κ2) is 9.34. The Morgan fingerprint density at radius 1 is 0.590 bits per heavy atom. The van der Waals surface area contributed by atoms with Gasteiger partial charge >= 0.3 is 0 Å². The molecule has 6 aromatic rings. The molecule has 1 aliphatic heterocycles. The number of benzene rings is 5. The first kappa shape index (κ1) is 23.1. The molecule has 1 aliphatic rings. The van der Waals surface area contributed by atoms with Gasteiger partial charge in [-0.2, -0.15) is 0 Å². The Hall–Kier alpha value is -5.08. The minimum Gasteiger partial charge on any atom is -0.349 e. The van der Waals surface area contributed by atoms with Crippen LogP contribution in [0.1, 0.15) is 0 Å². The Morgan fingerprint density at radius 3 is 1.64 bits per heavy atom. The molecule has 0 amide bonds. The topological polar surface area (TPSA) is 8.17 Å². The van der Waals surface area contributed by atoms with Gasteiger partial charge in [0.05, 0.1) is 22.4 Å². The lowest BCUT2D eigenvalue weighted by Gasteiger charge is -2.23. The van der Waals surface area contributed by atoms with Crippen molar-refractivity contribution in [2.45, 2.75) is 0 Å². The Bertz CT molecular complexity index is 1930. The maximum atomic E-state index is 4.29. The van der Waals surface area contributed by atoms with E-state index in [9.17, 15) is 0 Å². The molecule has 0 saturated carbocycles. The fraction of sp³-hybridized carbons (Fsp3) is 0.0270. The van der Waals surface area contributed by atoms with Crippen molar-refractivity contribution in [3.05, 3.63) is 150 Å². The molecule has 39 heavy (non-hydrogen) atoms. The fourth-order valence-electron chi connectivity index (χ4n) is 5.76. The number of rotatable bonds is 4. The Morgan fingerprint density at radius 2 is 1.10 bits per heavy atom. The molecule has 0 saturated heterocycles. The highest BCUT2D eigenvalue weighted by atomic mass is 15.1. The van der Waals surface area contributed by atoms with Crippen LogP contribution in [-0.4, -0.2) is 16.5 Å². The number of hydrogen-bond acceptors (Lipinski definition) is 1. The van der Waals surface area contributed by atoms with E-state index in [0.29, 0.717) is 0 Å². The molecular weight excluding hydrogens is 472 g/mol. The van der Waals surface area contributed by atoms with Crippen LogP contribution in [0, 0.1) is 0 Å². The molecule has 2 heteroatoms. The third-order valence-corrected chi connectivity index (χ3v) is 7.68. The molecule has 0 radical (unpaired) electrons. The molecule has 0 N–H and O–H groups in total. The highest BCUT2D eigenvalue weighted by Crippen LogP contribution is 2.38. The summed E-state index contributed by atoms with van der Waals surface area (Å²) in [5.74, 6) is 0. The first-order valence-electron chi connectivity index (χ1n) is 13.3.